The first-order valence-electron chi connectivity index (χ1n) is 7.15. The van der Waals surface area contributed by atoms with E-state index in [1.807, 2.05) is 20.8 Å². The van der Waals surface area contributed by atoms with E-state index in [2.05, 4.69) is 4.90 Å². The van der Waals surface area contributed by atoms with Crippen molar-refractivity contribution in [3.05, 3.63) is 0 Å². The molecule has 2 atom stereocenters. The average Bonchev–Trinajstić information content (AvgIpc) is 2.36. The summed E-state index contributed by atoms with van der Waals surface area (Å²) in [7, 11) is 0. The fourth-order valence-corrected chi connectivity index (χ4v) is 2.65. The Hall–Kier alpha value is -0.650. The highest BCUT2D eigenvalue weighted by molar-refractivity contribution is 5.75. The van der Waals surface area contributed by atoms with Crippen molar-refractivity contribution in [3.63, 3.8) is 0 Å². The highest BCUT2D eigenvalue weighted by atomic mass is 16.5. The number of aliphatic hydroxyl groups excluding tert-OH is 1. The summed E-state index contributed by atoms with van der Waals surface area (Å²) in [6.07, 6.45) is 1.79. The third-order valence-corrected chi connectivity index (χ3v) is 3.88. The fourth-order valence-electron chi connectivity index (χ4n) is 2.65. The zero-order chi connectivity index (χ0) is 14.5. The molecule has 5 nitrogen and oxygen atoms in total. The first-order valence-corrected chi connectivity index (χ1v) is 7.15. The number of carbonyl (C=O) groups is 1. The number of ether oxygens (including phenoxy) is 1. The SMILES string of the molecule is CCC1(C(=O)O)CCCN(CC(O)COC(C)C)C1. The van der Waals surface area contributed by atoms with E-state index in [9.17, 15) is 15.0 Å². The lowest BCUT2D eigenvalue weighted by Gasteiger charge is -2.40. The molecule has 2 N–H and O–H groups in total. The van der Waals surface area contributed by atoms with Crippen LogP contribution in [0.3, 0.4) is 0 Å². The van der Waals surface area contributed by atoms with Crippen LogP contribution in [0.15, 0.2) is 0 Å². The Morgan fingerprint density at radius 3 is 2.68 bits per heavy atom. The summed E-state index contributed by atoms with van der Waals surface area (Å²) in [5, 5.41) is 19.3. The van der Waals surface area contributed by atoms with E-state index in [-0.39, 0.29) is 6.10 Å². The van der Waals surface area contributed by atoms with Gasteiger partial charge in [-0.25, -0.2) is 0 Å². The van der Waals surface area contributed by atoms with Crippen LogP contribution in [0, 0.1) is 5.41 Å². The number of carboxylic acid groups (broad SMARTS) is 1. The molecule has 1 saturated heterocycles. The molecule has 0 radical (unpaired) electrons. The summed E-state index contributed by atoms with van der Waals surface area (Å²) >= 11 is 0. The van der Waals surface area contributed by atoms with Crippen LogP contribution in [0.25, 0.3) is 0 Å². The van der Waals surface area contributed by atoms with Gasteiger partial charge in [0, 0.05) is 13.1 Å². The highest BCUT2D eigenvalue weighted by Crippen LogP contribution is 2.33. The van der Waals surface area contributed by atoms with Gasteiger partial charge in [0.15, 0.2) is 0 Å². The largest absolute Gasteiger partial charge is 0.481 e. The number of aliphatic carboxylic acids is 1. The Balaban J connectivity index is 2.48. The molecule has 0 aromatic carbocycles. The summed E-state index contributed by atoms with van der Waals surface area (Å²) in [6.45, 7) is 7.96. The van der Waals surface area contributed by atoms with Crippen LogP contribution < -0.4 is 0 Å². The van der Waals surface area contributed by atoms with Crippen molar-refractivity contribution >= 4 is 5.97 Å². The van der Waals surface area contributed by atoms with Crippen LogP contribution in [0.5, 0.6) is 0 Å². The second-order valence-electron chi connectivity index (χ2n) is 5.81. The minimum absolute atomic E-state index is 0.102. The highest BCUT2D eigenvalue weighted by Gasteiger charge is 2.40. The number of piperidine rings is 1. The second kappa shape index (κ2) is 7.22. The number of hydrogen-bond acceptors (Lipinski definition) is 4. The van der Waals surface area contributed by atoms with Gasteiger partial charge >= 0.3 is 5.97 Å². The number of hydrogen-bond donors (Lipinski definition) is 2. The molecule has 19 heavy (non-hydrogen) atoms. The van der Waals surface area contributed by atoms with Crippen molar-refractivity contribution < 1.29 is 19.7 Å². The molecule has 1 aliphatic rings. The van der Waals surface area contributed by atoms with Gasteiger partial charge in [0.1, 0.15) is 0 Å². The lowest BCUT2D eigenvalue weighted by atomic mass is 9.77. The Morgan fingerprint density at radius 1 is 1.47 bits per heavy atom. The maximum absolute atomic E-state index is 11.4. The normalized spacial score (nSPS) is 26.6. The molecule has 0 aromatic heterocycles. The molecule has 0 amide bonds. The van der Waals surface area contributed by atoms with Crippen LogP contribution in [0.2, 0.25) is 0 Å². The lowest BCUT2D eigenvalue weighted by Crippen LogP contribution is -2.50. The third kappa shape index (κ3) is 4.75. The van der Waals surface area contributed by atoms with Crippen molar-refractivity contribution in [2.75, 3.05) is 26.2 Å². The molecule has 0 bridgehead atoms. The molecule has 2 unspecified atom stereocenters. The Bertz CT molecular complexity index is 295. The Morgan fingerprint density at radius 2 is 2.16 bits per heavy atom. The number of β-amino-alcohol motifs (C(OH)–C–C–N with tert-alkyl or cyclic N) is 1. The monoisotopic (exact) mass is 273 g/mol. The Labute approximate surface area is 115 Å². The van der Waals surface area contributed by atoms with E-state index in [0.717, 1.165) is 19.4 Å². The minimum Gasteiger partial charge on any atom is -0.481 e. The van der Waals surface area contributed by atoms with Gasteiger partial charge in [-0.05, 0) is 39.7 Å². The molecule has 1 aliphatic heterocycles. The summed E-state index contributed by atoms with van der Waals surface area (Å²) < 4.78 is 5.38. The van der Waals surface area contributed by atoms with Crippen LogP contribution >= 0.6 is 0 Å². The van der Waals surface area contributed by atoms with Gasteiger partial charge in [0.05, 0.1) is 24.2 Å². The number of aliphatic hydroxyl groups is 1. The van der Waals surface area contributed by atoms with Crippen LogP contribution in [-0.4, -0.2) is 59.5 Å². The van der Waals surface area contributed by atoms with Crippen molar-refractivity contribution in [1.29, 1.82) is 0 Å². The van der Waals surface area contributed by atoms with Crippen molar-refractivity contribution in [2.24, 2.45) is 5.41 Å². The number of nitrogens with zero attached hydrogens (tertiary/aromatic N) is 1. The van der Waals surface area contributed by atoms with Gasteiger partial charge in [-0.2, -0.15) is 0 Å². The summed E-state index contributed by atoms with van der Waals surface area (Å²) in [5.41, 5.74) is -0.642. The van der Waals surface area contributed by atoms with Gasteiger partial charge < -0.3 is 14.9 Å². The molecule has 0 saturated carbocycles. The molecule has 1 fully saturated rings. The van der Waals surface area contributed by atoms with E-state index >= 15 is 0 Å². The molecule has 0 aromatic rings. The number of carboxylic acids is 1. The smallest absolute Gasteiger partial charge is 0.310 e. The van der Waals surface area contributed by atoms with Gasteiger partial charge in [-0.1, -0.05) is 6.92 Å². The summed E-state index contributed by atoms with van der Waals surface area (Å²) in [6, 6.07) is 0. The molecule has 5 heteroatoms. The lowest BCUT2D eigenvalue weighted by molar-refractivity contribution is -0.153. The second-order valence-corrected chi connectivity index (χ2v) is 5.81. The van der Waals surface area contributed by atoms with Gasteiger partial charge in [0.25, 0.3) is 0 Å². The van der Waals surface area contributed by atoms with E-state index < -0.39 is 17.5 Å². The quantitative estimate of drug-likeness (QED) is 0.732. The van der Waals surface area contributed by atoms with Gasteiger partial charge in [-0.3, -0.25) is 9.69 Å². The summed E-state index contributed by atoms with van der Waals surface area (Å²) in [4.78, 5) is 13.5. The zero-order valence-corrected chi connectivity index (χ0v) is 12.3. The predicted octanol–water partition coefficient (Wildman–Crippen LogP) is 1.35. The molecule has 0 aliphatic carbocycles. The van der Waals surface area contributed by atoms with E-state index in [1.54, 1.807) is 0 Å². The zero-order valence-electron chi connectivity index (χ0n) is 12.3. The third-order valence-electron chi connectivity index (χ3n) is 3.88. The number of rotatable bonds is 7. The van der Waals surface area contributed by atoms with Gasteiger partial charge in [-0.15, -0.1) is 0 Å². The summed E-state index contributed by atoms with van der Waals surface area (Å²) in [5.74, 6) is -0.715. The first kappa shape index (κ1) is 16.4. The van der Waals surface area contributed by atoms with E-state index in [4.69, 9.17) is 4.74 Å². The maximum Gasteiger partial charge on any atom is 0.310 e. The van der Waals surface area contributed by atoms with E-state index in [1.165, 1.54) is 0 Å². The van der Waals surface area contributed by atoms with Crippen LogP contribution in [0.1, 0.15) is 40.0 Å². The van der Waals surface area contributed by atoms with Gasteiger partial charge in [0.2, 0.25) is 0 Å². The molecule has 1 rings (SSSR count). The number of likely N-dealkylation sites (tertiary alicyclic amines) is 1. The molecule has 1 heterocycles. The van der Waals surface area contributed by atoms with Crippen molar-refractivity contribution in [3.8, 4) is 0 Å². The molecule has 0 spiro atoms. The van der Waals surface area contributed by atoms with Crippen LogP contribution in [0.4, 0.5) is 0 Å². The molecular weight excluding hydrogens is 246 g/mol. The average molecular weight is 273 g/mol. The van der Waals surface area contributed by atoms with E-state index in [0.29, 0.717) is 26.1 Å². The van der Waals surface area contributed by atoms with Crippen molar-refractivity contribution in [1.82, 2.24) is 4.90 Å². The topological polar surface area (TPSA) is 70.0 Å². The minimum atomic E-state index is -0.715. The fraction of sp³-hybridized carbons (Fsp3) is 0.929. The Kier molecular flexibility index (Phi) is 6.23. The van der Waals surface area contributed by atoms with Crippen molar-refractivity contribution in [2.45, 2.75) is 52.2 Å². The van der Waals surface area contributed by atoms with Crippen LogP contribution in [-0.2, 0) is 9.53 Å². The standard InChI is InChI=1S/C14H27NO4/c1-4-14(13(17)18)6-5-7-15(10-14)8-12(16)9-19-11(2)3/h11-12,16H,4-10H2,1-3H3,(H,17,18). The molecule has 112 valence electrons. The molecular formula is C14H27NO4. The predicted molar refractivity (Wildman–Crippen MR) is 73.1 cm³/mol. The first-order chi connectivity index (χ1) is 8.89. The maximum atomic E-state index is 11.4.